The Balaban J connectivity index is 1.86. The Bertz CT molecular complexity index is 407. The summed E-state index contributed by atoms with van der Waals surface area (Å²) in [5, 5.41) is 12.1. The van der Waals surface area contributed by atoms with Crippen molar-refractivity contribution in [3.05, 3.63) is 24.8 Å². The van der Waals surface area contributed by atoms with Crippen molar-refractivity contribution in [3.63, 3.8) is 0 Å². The molecule has 0 radical (unpaired) electrons. The minimum absolute atomic E-state index is 0.0355. The zero-order valence-electron chi connectivity index (χ0n) is 10.7. The lowest BCUT2D eigenvalue weighted by Gasteiger charge is -2.23. The number of carboxylic acid groups (broad SMARTS) is 1. The molecular formula is C14H19NO3S. The smallest absolute Gasteiger partial charge is 0.307 e. The lowest BCUT2D eigenvalue weighted by molar-refractivity contribution is -0.147. The summed E-state index contributed by atoms with van der Waals surface area (Å²) >= 11 is 1.70. The van der Waals surface area contributed by atoms with Gasteiger partial charge in [-0.25, -0.2) is 0 Å². The van der Waals surface area contributed by atoms with E-state index in [4.69, 9.17) is 0 Å². The Morgan fingerprint density at radius 3 is 2.68 bits per heavy atom. The molecule has 5 heteroatoms. The highest BCUT2D eigenvalue weighted by Crippen LogP contribution is 2.48. The second kappa shape index (κ2) is 6.28. The molecule has 0 aromatic rings. The molecule has 104 valence electrons. The van der Waals surface area contributed by atoms with Crippen molar-refractivity contribution in [2.24, 2.45) is 23.7 Å². The molecule has 2 bridgehead atoms. The van der Waals surface area contributed by atoms with Gasteiger partial charge in [0, 0.05) is 18.1 Å². The van der Waals surface area contributed by atoms with Crippen LogP contribution in [0, 0.1) is 23.7 Å². The topological polar surface area (TPSA) is 66.4 Å². The van der Waals surface area contributed by atoms with Crippen LogP contribution in [0.1, 0.15) is 6.42 Å². The van der Waals surface area contributed by atoms with Gasteiger partial charge in [0.2, 0.25) is 5.91 Å². The van der Waals surface area contributed by atoms with Crippen molar-refractivity contribution >= 4 is 23.6 Å². The van der Waals surface area contributed by atoms with Gasteiger partial charge in [-0.3, -0.25) is 9.59 Å². The largest absolute Gasteiger partial charge is 0.481 e. The van der Waals surface area contributed by atoms with Crippen LogP contribution in [0.25, 0.3) is 0 Å². The van der Waals surface area contributed by atoms with Gasteiger partial charge in [0.15, 0.2) is 0 Å². The van der Waals surface area contributed by atoms with Crippen molar-refractivity contribution in [1.29, 1.82) is 0 Å². The van der Waals surface area contributed by atoms with Gasteiger partial charge >= 0.3 is 5.97 Å². The fourth-order valence-corrected chi connectivity index (χ4v) is 3.63. The molecule has 0 spiro atoms. The number of amides is 1. The Kier molecular flexibility index (Phi) is 4.69. The van der Waals surface area contributed by atoms with Crippen LogP contribution in [0.15, 0.2) is 24.8 Å². The van der Waals surface area contributed by atoms with Crippen LogP contribution in [0.3, 0.4) is 0 Å². The monoisotopic (exact) mass is 281 g/mol. The maximum atomic E-state index is 12.1. The molecule has 2 aliphatic rings. The minimum atomic E-state index is -0.849. The van der Waals surface area contributed by atoms with Gasteiger partial charge in [-0.1, -0.05) is 18.2 Å². The third-order valence-corrected chi connectivity index (χ3v) is 4.79. The number of hydrogen-bond donors (Lipinski definition) is 2. The molecule has 0 aromatic carbocycles. The molecule has 4 atom stereocenters. The number of hydrogen-bond acceptors (Lipinski definition) is 3. The Labute approximate surface area is 117 Å². The van der Waals surface area contributed by atoms with Gasteiger partial charge in [-0.05, 0) is 18.3 Å². The molecule has 2 N–H and O–H groups in total. The average Bonchev–Trinajstić information content (AvgIpc) is 2.98. The minimum Gasteiger partial charge on any atom is -0.481 e. The first-order valence-electron chi connectivity index (χ1n) is 6.52. The second-order valence-corrected chi connectivity index (χ2v) is 6.14. The predicted octanol–water partition coefficient (Wildman–Crippen LogP) is 1.54. The molecule has 2 aliphatic carbocycles. The van der Waals surface area contributed by atoms with E-state index in [9.17, 15) is 14.7 Å². The fraction of sp³-hybridized carbons (Fsp3) is 0.571. The van der Waals surface area contributed by atoms with E-state index < -0.39 is 17.8 Å². The maximum Gasteiger partial charge on any atom is 0.307 e. The summed E-state index contributed by atoms with van der Waals surface area (Å²) in [4.78, 5) is 23.4. The summed E-state index contributed by atoms with van der Waals surface area (Å²) in [6, 6.07) is 0. The number of allylic oxidation sites excluding steroid dienone is 2. The molecule has 4 nitrogen and oxygen atoms in total. The summed E-state index contributed by atoms with van der Waals surface area (Å²) in [5.74, 6) is -0.0639. The van der Waals surface area contributed by atoms with E-state index in [-0.39, 0.29) is 17.7 Å². The number of nitrogens with one attached hydrogen (secondary N) is 1. The van der Waals surface area contributed by atoms with Crippen LogP contribution in [0.4, 0.5) is 0 Å². The molecule has 0 heterocycles. The van der Waals surface area contributed by atoms with Crippen molar-refractivity contribution in [2.45, 2.75) is 6.42 Å². The standard InChI is InChI=1S/C14H19NO3S/c1-2-6-19-7-5-15-13(16)11-9-3-4-10(8-9)12(11)14(17)18/h2-4,9-12H,1,5-8H2,(H,15,16)(H,17,18). The molecule has 19 heavy (non-hydrogen) atoms. The van der Waals surface area contributed by atoms with Crippen molar-refractivity contribution < 1.29 is 14.7 Å². The van der Waals surface area contributed by atoms with Gasteiger partial charge in [-0.2, -0.15) is 11.8 Å². The highest BCUT2D eigenvalue weighted by molar-refractivity contribution is 7.99. The van der Waals surface area contributed by atoms with Gasteiger partial charge in [0.1, 0.15) is 0 Å². The van der Waals surface area contributed by atoms with E-state index in [1.54, 1.807) is 11.8 Å². The van der Waals surface area contributed by atoms with Crippen LogP contribution < -0.4 is 5.32 Å². The van der Waals surface area contributed by atoms with Crippen LogP contribution in [0.5, 0.6) is 0 Å². The zero-order valence-corrected chi connectivity index (χ0v) is 11.6. The normalized spacial score (nSPS) is 31.4. The third kappa shape index (κ3) is 3.03. The summed E-state index contributed by atoms with van der Waals surface area (Å²) in [7, 11) is 0. The number of thioether (sulfide) groups is 1. The molecule has 2 rings (SSSR count). The van der Waals surface area contributed by atoms with Crippen LogP contribution in [-0.2, 0) is 9.59 Å². The highest BCUT2D eigenvalue weighted by atomic mass is 32.2. The van der Waals surface area contributed by atoms with Gasteiger partial charge in [0.05, 0.1) is 11.8 Å². The van der Waals surface area contributed by atoms with E-state index in [0.717, 1.165) is 17.9 Å². The van der Waals surface area contributed by atoms with Crippen LogP contribution in [0.2, 0.25) is 0 Å². The van der Waals surface area contributed by atoms with Gasteiger partial charge in [0.25, 0.3) is 0 Å². The van der Waals surface area contributed by atoms with E-state index >= 15 is 0 Å². The van der Waals surface area contributed by atoms with E-state index in [1.165, 1.54) is 0 Å². The van der Waals surface area contributed by atoms with Crippen molar-refractivity contribution in [1.82, 2.24) is 5.32 Å². The second-order valence-electron chi connectivity index (χ2n) is 4.99. The molecule has 4 unspecified atom stereocenters. The van der Waals surface area contributed by atoms with Crippen molar-refractivity contribution in [3.8, 4) is 0 Å². The van der Waals surface area contributed by atoms with E-state index in [1.807, 2.05) is 18.2 Å². The predicted molar refractivity (Wildman–Crippen MR) is 75.9 cm³/mol. The molecule has 0 aliphatic heterocycles. The molecule has 1 amide bonds. The van der Waals surface area contributed by atoms with E-state index in [0.29, 0.717) is 6.54 Å². The first-order chi connectivity index (χ1) is 9.15. The highest BCUT2D eigenvalue weighted by Gasteiger charge is 2.51. The third-order valence-electron chi connectivity index (χ3n) is 3.83. The number of carbonyl (C=O) groups excluding carboxylic acids is 1. The van der Waals surface area contributed by atoms with Crippen LogP contribution in [-0.4, -0.2) is 35.0 Å². The Morgan fingerprint density at radius 1 is 1.37 bits per heavy atom. The number of carboxylic acids is 1. The van der Waals surface area contributed by atoms with E-state index in [2.05, 4.69) is 11.9 Å². The van der Waals surface area contributed by atoms with Crippen molar-refractivity contribution in [2.75, 3.05) is 18.1 Å². The van der Waals surface area contributed by atoms with Gasteiger partial charge < -0.3 is 10.4 Å². The van der Waals surface area contributed by atoms with Gasteiger partial charge in [-0.15, -0.1) is 6.58 Å². The Hall–Kier alpha value is -1.23. The lowest BCUT2D eigenvalue weighted by atomic mass is 9.82. The number of aliphatic carboxylic acids is 1. The average molecular weight is 281 g/mol. The fourth-order valence-electron chi connectivity index (χ4n) is 3.05. The number of carbonyl (C=O) groups is 2. The molecule has 1 fully saturated rings. The quantitative estimate of drug-likeness (QED) is 0.549. The number of rotatable bonds is 7. The molecule has 0 saturated heterocycles. The SMILES string of the molecule is C=CCSCCNC(=O)C1C2C=CC(C2)C1C(=O)O. The lowest BCUT2D eigenvalue weighted by Crippen LogP contribution is -2.40. The van der Waals surface area contributed by atoms with Crippen LogP contribution >= 0.6 is 11.8 Å². The first kappa shape index (κ1) is 14.2. The molecule has 0 aromatic heterocycles. The number of fused-ring (bicyclic) bond motifs is 2. The zero-order chi connectivity index (χ0) is 13.8. The maximum absolute atomic E-state index is 12.1. The molecular weight excluding hydrogens is 262 g/mol. The first-order valence-corrected chi connectivity index (χ1v) is 7.68. The summed E-state index contributed by atoms with van der Waals surface area (Å²) in [6.45, 7) is 4.22. The summed E-state index contributed by atoms with van der Waals surface area (Å²) in [5.41, 5.74) is 0. The Morgan fingerprint density at radius 2 is 2.05 bits per heavy atom. The summed E-state index contributed by atoms with van der Waals surface area (Å²) < 4.78 is 0. The molecule has 1 saturated carbocycles. The summed E-state index contributed by atoms with van der Waals surface area (Å²) in [6.07, 6.45) is 6.59.